The predicted molar refractivity (Wildman–Crippen MR) is 109 cm³/mol. The van der Waals surface area contributed by atoms with Crippen molar-refractivity contribution in [3.63, 3.8) is 0 Å². The van der Waals surface area contributed by atoms with E-state index in [0.29, 0.717) is 22.8 Å². The van der Waals surface area contributed by atoms with Crippen molar-refractivity contribution in [2.45, 2.75) is 6.42 Å². The molecule has 7 heteroatoms. The maximum absolute atomic E-state index is 12.8. The Morgan fingerprint density at radius 1 is 1.26 bits per heavy atom. The number of benzene rings is 1. The number of hydrogen-bond donors (Lipinski definition) is 1. The number of aryl methyl sites for hydroxylation is 1. The lowest BCUT2D eigenvalue weighted by molar-refractivity contribution is 0.0956. The Balaban J connectivity index is 1.58. The fraction of sp³-hybridized carbons (Fsp3) is 0.150. The zero-order valence-electron chi connectivity index (χ0n) is 14.6. The molecule has 0 aliphatic heterocycles. The maximum Gasteiger partial charge on any atom is 0.252 e. The lowest BCUT2D eigenvalue weighted by atomic mass is 10.1. The van der Waals surface area contributed by atoms with E-state index in [0.717, 1.165) is 28.6 Å². The van der Waals surface area contributed by atoms with Crippen LogP contribution in [0.1, 0.15) is 15.9 Å². The molecule has 0 saturated carbocycles. The average molecular weight is 397 g/mol. The number of fused-ring (bicyclic) bond motifs is 1. The fourth-order valence-electron chi connectivity index (χ4n) is 2.93. The third-order valence-electron chi connectivity index (χ3n) is 4.38. The smallest absolute Gasteiger partial charge is 0.252 e. The van der Waals surface area contributed by atoms with E-state index in [9.17, 15) is 4.79 Å². The van der Waals surface area contributed by atoms with Crippen LogP contribution in [0.5, 0.6) is 0 Å². The minimum Gasteiger partial charge on any atom is -0.352 e. The van der Waals surface area contributed by atoms with E-state index in [-0.39, 0.29) is 5.91 Å². The first-order valence-corrected chi connectivity index (χ1v) is 9.82. The van der Waals surface area contributed by atoms with E-state index in [4.69, 9.17) is 11.6 Å². The normalized spacial score (nSPS) is 11.0. The van der Waals surface area contributed by atoms with Crippen LogP contribution in [0.3, 0.4) is 0 Å². The molecule has 0 aliphatic carbocycles. The average Bonchev–Trinajstić information content (AvgIpc) is 3.33. The van der Waals surface area contributed by atoms with E-state index >= 15 is 0 Å². The van der Waals surface area contributed by atoms with Crippen molar-refractivity contribution < 1.29 is 4.79 Å². The number of amides is 1. The SMILES string of the molecule is Cn1ncc2c(C(=O)NCCc3ccc(Cl)cc3)cc(-c3ccsc3)nc21. The molecule has 0 fully saturated rings. The van der Waals surface area contributed by atoms with Gasteiger partial charge in [0.25, 0.3) is 5.91 Å². The van der Waals surface area contributed by atoms with Crippen LogP contribution in [-0.4, -0.2) is 27.2 Å². The van der Waals surface area contributed by atoms with Crippen LogP contribution >= 0.6 is 22.9 Å². The Hall–Kier alpha value is -2.70. The van der Waals surface area contributed by atoms with E-state index in [1.54, 1.807) is 22.2 Å². The first kappa shape index (κ1) is 17.7. The lowest BCUT2D eigenvalue weighted by Gasteiger charge is -2.08. The minimum absolute atomic E-state index is 0.124. The molecule has 0 bridgehead atoms. The van der Waals surface area contributed by atoms with Crippen LogP contribution in [0.2, 0.25) is 5.02 Å². The van der Waals surface area contributed by atoms with Crippen molar-refractivity contribution in [2.75, 3.05) is 6.54 Å². The number of nitrogens with zero attached hydrogens (tertiary/aromatic N) is 3. The van der Waals surface area contributed by atoms with Gasteiger partial charge in [0.1, 0.15) is 0 Å². The van der Waals surface area contributed by atoms with Crippen molar-refractivity contribution in [3.8, 4) is 11.3 Å². The molecule has 0 spiro atoms. The van der Waals surface area contributed by atoms with E-state index in [2.05, 4.69) is 15.4 Å². The number of thiophene rings is 1. The first-order valence-electron chi connectivity index (χ1n) is 8.50. The number of pyridine rings is 1. The van der Waals surface area contributed by atoms with Gasteiger partial charge in [0.2, 0.25) is 0 Å². The topological polar surface area (TPSA) is 59.8 Å². The Morgan fingerprint density at radius 3 is 2.81 bits per heavy atom. The fourth-order valence-corrected chi connectivity index (χ4v) is 3.70. The van der Waals surface area contributed by atoms with Crippen LogP contribution in [0.4, 0.5) is 0 Å². The highest BCUT2D eigenvalue weighted by atomic mass is 35.5. The van der Waals surface area contributed by atoms with Crippen molar-refractivity contribution in [1.29, 1.82) is 0 Å². The highest BCUT2D eigenvalue weighted by Gasteiger charge is 2.16. The number of aromatic nitrogens is 3. The number of hydrogen-bond acceptors (Lipinski definition) is 4. The highest BCUT2D eigenvalue weighted by Crippen LogP contribution is 2.26. The van der Waals surface area contributed by atoms with Gasteiger partial charge < -0.3 is 5.32 Å². The third-order valence-corrected chi connectivity index (χ3v) is 5.31. The number of halogens is 1. The van der Waals surface area contributed by atoms with Crippen molar-refractivity contribution in [2.24, 2.45) is 7.05 Å². The molecule has 3 heterocycles. The van der Waals surface area contributed by atoms with Crippen LogP contribution in [0.15, 0.2) is 53.4 Å². The quantitative estimate of drug-likeness (QED) is 0.546. The van der Waals surface area contributed by atoms with Gasteiger partial charge in [-0.25, -0.2) is 4.98 Å². The van der Waals surface area contributed by atoms with Gasteiger partial charge in [-0.15, -0.1) is 0 Å². The van der Waals surface area contributed by atoms with Crippen molar-refractivity contribution in [1.82, 2.24) is 20.1 Å². The lowest BCUT2D eigenvalue weighted by Crippen LogP contribution is -2.26. The summed E-state index contributed by atoms with van der Waals surface area (Å²) >= 11 is 7.51. The van der Waals surface area contributed by atoms with Gasteiger partial charge in [-0.1, -0.05) is 23.7 Å². The predicted octanol–water partition coefficient (Wildman–Crippen LogP) is 4.32. The van der Waals surface area contributed by atoms with Crippen LogP contribution in [0.25, 0.3) is 22.3 Å². The molecule has 0 unspecified atom stereocenters. The molecule has 1 amide bonds. The largest absolute Gasteiger partial charge is 0.352 e. The van der Waals surface area contributed by atoms with Crippen LogP contribution < -0.4 is 5.32 Å². The Kier molecular flexibility index (Phi) is 4.92. The van der Waals surface area contributed by atoms with E-state index in [1.165, 1.54) is 0 Å². The molecule has 3 aromatic heterocycles. The summed E-state index contributed by atoms with van der Waals surface area (Å²) in [4.78, 5) is 17.5. The van der Waals surface area contributed by atoms with E-state index < -0.39 is 0 Å². The van der Waals surface area contributed by atoms with Gasteiger partial charge in [-0.3, -0.25) is 9.48 Å². The second-order valence-electron chi connectivity index (χ2n) is 6.20. The maximum atomic E-state index is 12.8. The second-order valence-corrected chi connectivity index (χ2v) is 7.42. The summed E-state index contributed by atoms with van der Waals surface area (Å²) in [5.74, 6) is -0.124. The molecule has 0 saturated heterocycles. The van der Waals surface area contributed by atoms with Gasteiger partial charge in [-0.05, 0) is 41.6 Å². The number of nitrogens with one attached hydrogen (secondary N) is 1. The molecule has 4 rings (SSSR count). The number of carbonyl (C=O) groups is 1. The van der Waals surface area contributed by atoms with Gasteiger partial charge in [0, 0.05) is 29.6 Å². The summed E-state index contributed by atoms with van der Waals surface area (Å²) in [5.41, 5.74) is 4.18. The van der Waals surface area contributed by atoms with Crippen molar-refractivity contribution in [3.05, 3.63) is 69.5 Å². The standard InChI is InChI=1S/C20H17ClN4OS/c1-25-19-17(11-23-25)16(10-18(24-19)14-7-9-27-12-14)20(26)22-8-6-13-2-4-15(21)5-3-13/h2-5,7,9-12H,6,8H2,1H3,(H,22,26). The molecule has 27 heavy (non-hydrogen) atoms. The molecule has 1 N–H and O–H groups in total. The Labute approximate surface area is 165 Å². The molecule has 0 radical (unpaired) electrons. The zero-order valence-corrected chi connectivity index (χ0v) is 16.2. The van der Waals surface area contributed by atoms with Crippen LogP contribution in [0, 0.1) is 0 Å². The molecule has 0 aliphatic rings. The number of carbonyl (C=O) groups excluding carboxylic acids is 1. The molecule has 1 aromatic carbocycles. The summed E-state index contributed by atoms with van der Waals surface area (Å²) in [7, 11) is 1.83. The summed E-state index contributed by atoms with van der Waals surface area (Å²) in [5, 5.41) is 12.7. The minimum atomic E-state index is -0.124. The molecule has 4 aromatic rings. The monoisotopic (exact) mass is 396 g/mol. The molecule has 5 nitrogen and oxygen atoms in total. The van der Waals surface area contributed by atoms with Gasteiger partial charge >= 0.3 is 0 Å². The van der Waals surface area contributed by atoms with Gasteiger partial charge in [-0.2, -0.15) is 16.4 Å². The van der Waals surface area contributed by atoms with Gasteiger partial charge in [0.15, 0.2) is 5.65 Å². The highest BCUT2D eigenvalue weighted by molar-refractivity contribution is 7.08. The zero-order chi connectivity index (χ0) is 18.8. The van der Waals surface area contributed by atoms with Crippen molar-refractivity contribution >= 4 is 39.9 Å². The van der Waals surface area contributed by atoms with E-state index in [1.807, 2.05) is 54.2 Å². The summed E-state index contributed by atoms with van der Waals surface area (Å²) in [6, 6.07) is 11.5. The second kappa shape index (κ2) is 7.50. The summed E-state index contributed by atoms with van der Waals surface area (Å²) in [6.45, 7) is 0.540. The third kappa shape index (κ3) is 3.72. The molecule has 136 valence electrons. The Morgan fingerprint density at radius 2 is 2.07 bits per heavy atom. The number of rotatable bonds is 5. The molecule has 0 atom stereocenters. The molecular formula is C20H17ClN4OS. The van der Waals surface area contributed by atoms with Crippen LogP contribution in [-0.2, 0) is 13.5 Å². The van der Waals surface area contributed by atoms with Gasteiger partial charge in [0.05, 0.1) is 22.8 Å². The summed E-state index contributed by atoms with van der Waals surface area (Å²) in [6.07, 6.45) is 2.43. The molecular weight excluding hydrogens is 380 g/mol. The summed E-state index contributed by atoms with van der Waals surface area (Å²) < 4.78 is 1.69. The Bertz CT molecular complexity index is 1090. The first-order chi connectivity index (χ1) is 13.1.